The molecule has 0 aromatic heterocycles. The molecular formula is C27H39NO2. The number of hydrogen-bond acceptors (Lipinski definition) is 3. The molecule has 4 atom stereocenters. The first-order valence-corrected chi connectivity index (χ1v) is 11.3. The Morgan fingerprint density at radius 1 is 1.17 bits per heavy atom. The van der Waals surface area contributed by atoms with Crippen molar-refractivity contribution in [1.82, 2.24) is 4.90 Å². The molecule has 1 aliphatic rings. The molecule has 0 aliphatic carbocycles. The molecule has 0 radical (unpaired) electrons. The van der Waals surface area contributed by atoms with Crippen molar-refractivity contribution < 1.29 is 9.90 Å². The van der Waals surface area contributed by atoms with Gasteiger partial charge in [0.05, 0.1) is 12.0 Å². The molecule has 0 spiro atoms. The summed E-state index contributed by atoms with van der Waals surface area (Å²) in [6, 6.07) is 18.4. The van der Waals surface area contributed by atoms with Gasteiger partial charge in [0.2, 0.25) is 0 Å². The number of nitrogens with zero attached hydrogens (tertiary/aromatic N) is 1. The zero-order chi connectivity index (χ0) is 22.3. The van der Waals surface area contributed by atoms with E-state index in [1.165, 1.54) is 11.1 Å². The lowest BCUT2D eigenvalue weighted by molar-refractivity contribution is -0.125. The van der Waals surface area contributed by atoms with E-state index in [2.05, 4.69) is 49.9 Å². The summed E-state index contributed by atoms with van der Waals surface area (Å²) in [7, 11) is 0. The van der Waals surface area contributed by atoms with Crippen LogP contribution in [-0.4, -0.2) is 35.4 Å². The molecule has 1 N–H and O–H groups in total. The Morgan fingerprint density at radius 2 is 1.83 bits per heavy atom. The third kappa shape index (κ3) is 5.59. The van der Waals surface area contributed by atoms with Crippen molar-refractivity contribution in [2.24, 2.45) is 11.8 Å². The average Bonchev–Trinajstić information content (AvgIpc) is 2.76. The van der Waals surface area contributed by atoms with Gasteiger partial charge in [-0.05, 0) is 49.3 Å². The molecule has 0 unspecified atom stereocenters. The van der Waals surface area contributed by atoms with Crippen LogP contribution in [0.1, 0.15) is 63.8 Å². The molecule has 0 amide bonds. The zero-order valence-corrected chi connectivity index (χ0v) is 19.6. The van der Waals surface area contributed by atoms with Crippen LogP contribution < -0.4 is 0 Å². The normalized spacial score (nSPS) is 23.8. The van der Waals surface area contributed by atoms with E-state index in [9.17, 15) is 9.90 Å². The topological polar surface area (TPSA) is 40.5 Å². The number of aryl methyl sites for hydroxylation is 1. The molecule has 2 aromatic rings. The van der Waals surface area contributed by atoms with Gasteiger partial charge in [0.15, 0.2) is 0 Å². The van der Waals surface area contributed by atoms with E-state index in [4.69, 9.17) is 0 Å². The van der Waals surface area contributed by atoms with Crippen LogP contribution in [0.25, 0.3) is 0 Å². The van der Waals surface area contributed by atoms with Gasteiger partial charge < -0.3 is 10.0 Å². The van der Waals surface area contributed by atoms with E-state index in [-0.39, 0.29) is 11.2 Å². The van der Waals surface area contributed by atoms with Crippen molar-refractivity contribution in [3.63, 3.8) is 0 Å². The number of likely N-dealkylation sites (tertiary alicyclic amines) is 1. The lowest BCUT2D eigenvalue weighted by atomic mass is 9.67. The Balaban J connectivity index is 0.00000155. The number of carbonyl (C=O) groups excluding carboxylic acids is 1. The van der Waals surface area contributed by atoms with Crippen LogP contribution in [0.15, 0.2) is 54.6 Å². The fourth-order valence-electron chi connectivity index (χ4n) is 4.52. The number of aliphatic hydroxyl groups is 1. The smallest absolute Gasteiger partial charge is 0.137 e. The van der Waals surface area contributed by atoms with Crippen LogP contribution in [0.5, 0.6) is 0 Å². The third-order valence-corrected chi connectivity index (χ3v) is 6.74. The Kier molecular flexibility index (Phi) is 8.81. The van der Waals surface area contributed by atoms with E-state index in [1.807, 2.05) is 44.2 Å². The van der Waals surface area contributed by atoms with Gasteiger partial charge in [-0.2, -0.15) is 0 Å². The predicted octanol–water partition coefficient (Wildman–Crippen LogP) is 5.56. The summed E-state index contributed by atoms with van der Waals surface area (Å²) >= 11 is 0. The molecule has 0 bridgehead atoms. The number of piperidine rings is 1. The fourth-order valence-corrected chi connectivity index (χ4v) is 4.52. The summed E-state index contributed by atoms with van der Waals surface area (Å²) in [6.07, 6.45) is 0.308. The molecule has 30 heavy (non-hydrogen) atoms. The van der Waals surface area contributed by atoms with Crippen molar-refractivity contribution in [2.75, 3.05) is 19.6 Å². The quantitative estimate of drug-likeness (QED) is 0.679. The molecule has 164 valence electrons. The van der Waals surface area contributed by atoms with E-state index in [0.29, 0.717) is 12.5 Å². The van der Waals surface area contributed by atoms with E-state index in [0.717, 1.165) is 25.1 Å². The Bertz CT molecular complexity index is 804. The predicted molar refractivity (Wildman–Crippen MR) is 126 cm³/mol. The molecular weight excluding hydrogens is 370 g/mol. The maximum absolute atomic E-state index is 12.3. The van der Waals surface area contributed by atoms with Gasteiger partial charge in [-0.25, -0.2) is 0 Å². The first kappa shape index (κ1) is 24.3. The van der Waals surface area contributed by atoms with Crippen LogP contribution in [0.3, 0.4) is 0 Å². The number of aliphatic hydroxyl groups excluding tert-OH is 1. The minimum absolute atomic E-state index is 0.0519. The number of hydrogen-bond donors (Lipinski definition) is 1. The summed E-state index contributed by atoms with van der Waals surface area (Å²) in [6.45, 7) is 14.9. The van der Waals surface area contributed by atoms with E-state index in [1.54, 1.807) is 6.92 Å². The molecule has 1 saturated heterocycles. The van der Waals surface area contributed by atoms with Crippen molar-refractivity contribution in [2.45, 2.75) is 59.5 Å². The number of carbonyl (C=O) groups is 1. The van der Waals surface area contributed by atoms with Gasteiger partial charge in [-0.3, -0.25) is 4.79 Å². The minimum atomic E-state index is -0.751. The van der Waals surface area contributed by atoms with Gasteiger partial charge >= 0.3 is 0 Å². The van der Waals surface area contributed by atoms with Crippen molar-refractivity contribution in [3.05, 3.63) is 71.3 Å². The highest BCUT2D eigenvalue weighted by Crippen LogP contribution is 2.40. The number of benzene rings is 2. The van der Waals surface area contributed by atoms with Crippen LogP contribution >= 0.6 is 0 Å². The second kappa shape index (κ2) is 10.9. The Morgan fingerprint density at radius 3 is 2.40 bits per heavy atom. The monoisotopic (exact) mass is 409 g/mol. The first-order chi connectivity index (χ1) is 14.3. The second-order valence-electron chi connectivity index (χ2n) is 8.77. The third-order valence-electron chi connectivity index (χ3n) is 6.74. The maximum Gasteiger partial charge on any atom is 0.137 e. The number of rotatable bonds is 6. The van der Waals surface area contributed by atoms with Crippen LogP contribution in [0.4, 0.5) is 0 Å². The lowest BCUT2D eigenvalue weighted by Crippen LogP contribution is -2.49. The van der Waals surface area contributed by atoms with Crippen LogP contribution in [-0.2, 0) is 10.2 Å². The first-order valence-electron chi connectivity index (χ1n) is 11.3. The summed E-state index contributed by atoms with van der Waals surface area (Å²) in [5.41, 5.74) is 3.67. The van der Waals surface area contributed by atoms with Gasteiger partial charge in [-0.1, -0.05) is 87.9 Å². The maximum atomic E-state index is 12.3. The molecule has 3 nitrogen and oxygen atoms in total. The largest absolute Gasteiger partial charge is 0.388 e. The molecule has 1 heterocycles. The molecule has 0 saturated carbocycles. The van der Waals surface area contributed by atoms with Gasteiger partial charge in [0.1, 0.15) is 5.78 Å². The number of ketones is 1. The molecule has 3 heteroatoms. The molecule has 1 fully saturated rings. The summed E-state index contributed by atoms with van der Waals surface area (Å²) < 4.78 is 0. The lowest BCUT2D eigenvalue weighted by Gasteiger charge is -2.46. The average molecular weight is 410 g/mol. The van der Waals surface area contributed by atoms with Gasteiger partial charge in [-0.15, -0.1) is 0 Å². The Labute approximate surface area is 183 Å². The highest BCUT2D eigenvalue weighted by molar-refractivity contribution is 5.79. The minimum Gasteiger partial charge on any atom is -0.388 e. The standard InChI is InChI=1S/C25H33NO2.C2H6/c1-18-9-8-12-22(15-18)25(4)13-14-26(16-19(25)2)17-23(20(3)27)24(28)21-10-6-5-7-11-21;1-2/h5-12,15,19,23-24,28H,13-14,16-17H2,1-4H3;1-2H3/t19-,23-,24+,25+;/m0./s1. The second-order valence-corrected chi connectivity index (χ2v) is 8.77. The fraction of sp³-hybridized carbons (Fsp3) is 0.519. The molecule has 3 rings (SSSR count). The van der Waals surface area contributed by atoms with E-state index < -0.39 is 12.0 Å². The van der Waals surface area contributed by atoms with Gasteiger partial charge in [0.25, 0.3) is 0 Å². The highest BCUT2D eigenvalue weighted by atomic mass is 16.3. The zero-order valence-electron chi connectivity index (χ0n) is 19.6. The molecule has 2 aromatic carbocycles. The van der Waals surface area contributed by atoms with E-state index >= 15 is 0 Å². The SMILES string of the molecule is CC.CC(=O)[C@H](CN1CC[C@@](C)(c2cccc(C)c2)[C@@H](C)C1)[C@H](O)c1ccccc1. The van der Waals surface area contributed by atoms with Crippen molar-refractivity contribution in [3.8, 4) is 0 Å². The Hall–Kier alpha value is -1.97. The van der Waals surface area contributed by atoms with Crippen molar-refractivity contribution >= 4 is 5.78 Å². The van der Waals surface area contributed by atoms with Gasteiger partial charge in [0, 0.05) is 13.1 Å². The molecule has 1 aliphatic heterocycles. The summed E-state index contributed by atoms with van der Waals surface area (Å²) in [5, 5.41) is 10.8. The summed E-state index contributed by atoms with van der Waals surface area (Å²) in [4.78, 5) is 14.7. The highest BCUT2D eigenvalue weighted by Gasteiger charge is 2.39. The van der Waals surface area contributed by atoms with Crippen molar-refractivity contribution in [1.29, 1.82) is 0 Å². The number of Topliss-reactive ketones (excluding diaryl/α,β-unsaturated/α-hetero) is 1. The van der Waals surface area contributed by atoms with Crippen LogP contribution in [0.2, 0.25) is 0 Å². The van der Waals surface area contributed by atoms with Crippen LogP contribution in [0, 0.1) is 18.8 Å². The summed E-state index contributed by atoms with van der Waals surface area (Å²) in [5.74, 6) is 0.137.